The Balaban J connectivity index is 2.40. The summed E-state index contributed by atoms with van der Waals surface area (Å²) in [4.78, 5) is 2.70. The highest BCUT2D eigenvalue weighted by Crippen LogP contribution is 2.24. The van der Waals surface area contributed by atoms with Crippen LogP contribution < -0.4 is 0 Å². The number of piperidine rings is 1. The van der Waals surface area contributed by atoms with E-state index in [1.165, 1.54) is 44.1 Å². The lowest BCUT2D eigenvalue weighted by Crippen LogP contribution is -2.44. The smallest absolute Gasteiger partial charge is 0.00926 e. The van der Waals surface area contributed by atoms with E-state index < -0.39 is 0 Å². The second-order valence-electron chi connectivity index (χ2n) is 5.16. The molecule has 15 heavy (non-hydrogen) atoms. The van der Waals surface area contributed by atoms with Gasteiger partial charge >= 0.3 is 0 Å². The number of alkyl halides is 1. The molecule has 2 heteroatoms. The van der Waals surface area contributed by atoms with E-state index in [1.54, 1.807) is 0 Å². The van der Waals surface area contributed by atoms with Crippen LogP contribution in [-0.4, -0.2) is 29.4 Å². The van der Waals surface area contributed by atoms with Crippen molar-refractivity contribution in [2.75, 3.05) is 18.4 Å². The van der Waals surface area contributed by atoms with Crippen molar-refractivity contribution in [2.45, 2.75) is 52.5 Å². The van der Waals surface area contributed by atoms with E-state index in [-0.39, 0.29) is 0 Å². The first-order valence-corrected chi connectivity index (χ1v) is 7.61. The Morgan fingerprint density at radius 1 is 1.40 bits per heavy atom. The molecule has 0 aromatic rings. The van der Waals surface area contributed by atoms with Crippen LogP contribution in [0.15, 0.2) is 0 Å². The largest absolute Gasteiger partial charge is 0.300 e. The van der Waals surface area contributed by atoms with Crippen molar-refractivity contribution < 1.29 is 0 Å². The highest BCUT2D eigenvalue weighted by atomic mass is 79.9. The van der Waals surface area contributed by atoms with Crippen LogP contribution in [0.25, 0.3) is 0 Å². The number of halogens is 1. The van der Waals surface area contributed by atoms with Crippen LogP contribution in [0.3, 0.4) is 0 Å². The molecule has 90 valence electrons. The van der Waals surface area contributed by atoms with Crippen LogP contribution in [0.5, 0.6) is 0 Å². The third-order valence-corrected chi connectivity index (χ3v) is 4.83. The van der Waals surface area contributed by atoms with E-state index in [1.807, 2.05) is 0 Å². The van der Waals surface area contributed by atoms with Crippen molar-refractivity contribution >= 4 is 15.9 Å². The fourth-order valence-corrected chi connectivity index (χ4v) is 3.16. The standard InChI is InChI=1S/C13H26BrN/c1-4-6-13(9-14)10-15-8-5-7-11(2)12(15)3/h11-13H,4-10H2,1-3H3. The normalized spacial score (nSPS) is 30.4. The van der Waals surface area contributed by atoms with Gasteiger partial charge in [-0.3, -0.25) is 0 Å². The van der Waals surface area contributed by atoms with E-state index in [2.05, 4.69) is 41.6 Å². The first kappa shape index (κ1) is 13.5. The molecule has 1 nitrogen and oxygen atoms in total. The Bertz CT molecular complexity index is 172. The van der Waals surface area contributed by atoms with Crippen LogP contribution in [0.1, 0.15) is 46.5 Å². The fourth-order valence-electron chi connectivity index (χ4n) is 2.64. The fraction of sp³-hybridized carbons (Fsp3) is 1.00. The maximum Gasteiger partial charge on any atom is 0.00926 e. The van der Waals surface area contributed by atoms with Crippen LogP contribution >= 0.6 is 15.9 Å². The molecule has 0 aromatic carbocycles. The van der Waals surface area contributed by atoms with Gasteiger partial charge in [-0.15, -0.1) is 0 Å². The van der Waals surface area contributed by atoms with E-state index in [9.17, 15) is 0 Å². The molecule has 0 amide bonds. The zero-order valence-electron chi connectivity index (χ0n) is 10.5. The van der Waals surface area contributed by atoms with Gasteiger partial charge in [0, 0.05) is 17.9 Å². The SMILES string of the molecule is CCCC(CBr)CN1CCCC(C)C1C. The number of rotatable bonds is 5. The van der Waals surface area contributed by atoms with Crippen LogP contribution in [-0.2, 0) is 0 Å². The maximum absolute atomic E-state index is 3.65. The van der Waals surface area contributed by atoms with Gasteiger partial charge in [0.1, 0.15) is 0 Å². The zero-order valence-corrected chi connectivity index (χ0v) is 12.1. The molecule has 3 unspecified atom stereocenters. The Hall–Kier alpha value is 0.440. The third-order valence-electron chi connectivity index (χ3n) is 3.91. The van der Waals surface area contributed by atoms with Crippen LogP contribution in [0.2, 0.25) is 0 Å². The summed E-state index contributed by atoms with van der Waals surface area (Å²) in [5, 5.41) is 1.17. The molecule has 0 radical (unpaired) electrons. The second kappa shape index (κ2) is 6.90. The van der Waals surface area contributed by atoms with Crippen LogP contribution in [0, 0.1) is 11.8 Å². The Morgan fingerprint density at radius 2 is 2.13 bits per heavy atom. The molecule has 0 N–H and O–H groups in total. The molecule has 0 aromatic heterocycles. The molecule has 0 aliphatic carbocycles. The summed E-state index contributed by atoms with van der Waals surface area (Å²) in [7, 11) is 0. The molecule has 1 aliphatic rings. The summed E-state index contributed by atoms with van der Waals surface area (Å²) in [5.41, 5.74) is 0. The van der Waals surface area contributed by atoms with Crippen molar-refractivity contribution in [2.24, 2.45) is 11.8 Å². The highest BCUT2D eigenvalue weighted by Gasteiger charge is 2.25. The van der Waals surface area contributed by atoms with Gasteiger partial charge < -0.3 is 4.90 Å². The second-order valence-corrected chi connectivity index (χ2v) is 5.81. The van der Waals surface area contributed by atoms with E-state index in [0.29, 0.717) is 0 Å². The Labute approximate surface area is 104 Å². The molecule has 0 saturated carbocycles. The summed E-state index contributed by atoms with van der Waals surface area (Å²) in [6, 6.07) is 0.789. The quantitative estimate of drug-likeness (QED) is 0.688. The molecule has 3 atom stereocenters. The number of hydrogen-bond donors (Lipinski definition) is 0. The van der Waals surface area contributed by atoms with Crippen molar-refractivity contribution in [3.63, 3.8) is 0 Å². The topological polar surface area (TPSA) is 3.24 Å². The predicted octanol–water partition coefficient (Wildman–Crippen LogP) is 3.92. The van der Waals surface area contributed by atoms with Gasteiger partial charge in [-0.1, -0.05) is 36.2 Å². The molecule has 1 saturated heterocycles. The minimum absolute atomic E-state index is 0.789. The Kier molecular flexibility index (Phi) is 6.21. The summed E-state index contributed by atoms with van der Waals surface area (Å²) < 4.78 is 0. The van der Waals surface area contributed by atoms with Crippen LogP contribution in [0.4, 0.5) is 0 Å². The number of likely N-dealkylation sites (tertiary alicyclic amines) is 1. The third kappa shape index (κ3) is 4.07. The van der Waals surface area contributed by atoms with E-state index >= 15 is 0 Å². The van der Waals surface area contributed by atoms with Gasteiger partial charge in [-0.25, -0.2) is 0 Å². The predicted molar refractivity (Wildman–Crippen MR) is 71.6 cm³/mol. The minimum Gasteiger partial charge on any atom is -0.300 e. The molecule has 0 bridgehead atoms. The molecule has 1 heterocycles. The van der Waals surface area contributed by atoms with Gasteiger partial charge in [-0.2, -0.15) is 0 Å². The average Bonchev–Trinajstić information content (AvgIpc) is 2.24. The average molecular weight is 276 g/mol. The summed E-state index contributed by atoms with van der Waals surface area (Å²) in [5.74, 6) is 1.74. The molecular formula is C13H26BrN. The zero-order chi connectivity index (χ0) is 11.3. The Morgan fingerprint density at radius 3 is 2.73 bits per heavy atom. The monoisotopic (exact) mass is 275 g/mol. The molecule has 1 rings (SSSR count). The van der Waals surface area contributed by atoms with Gasteiger partial charge in [-0.05, 0) is 44.6 Å². The maximum atomic E-state index is 3.65. The molecular weight excluding hydrogens is 250 g/mol. The van der Waals surface area contributed by atoms with E-state index in [4.69, 9.17) is 0 Å². The lowest BCUT2D eigenvalue weighted by Gasteiger charge is -2.39. The van der Waals surface area contributed by atoms with Gasteiger partial charge in [0.05, 0.1) is 0 Å². The van der Waals surface area contributed by atoms with Crippen molar-refractivity contribution in [3.05, 3.63) is 0 Å². The number of nitrogens with zero attached hydrogens (tertiary/aromatic N) is 1. The summed E-state index contributed by atoms with van der Waals surface area (Å²) in [6.45, 7) is 9.71. The first-order valence-electron chi connectivity index (χ1n) is 6.49. The summed E-state index contributed by atoms with van der Waals surface area (Å²) in [6.07, 6.45) is 5.49. The molecule has 1 aliphatic heterocycles. The van der Waals surface area contributed by atoms with Crippen molar-refractivity contribution in [1.82, 2.24) is 4.90 Å². The minimum atomic E-state index is 0.789. The highest BCUT2D eigenvalue weighted by molar-refractivity contribution is 9.09. The first-order chi connectivity index (χ1) is 7.19. The van der Waals surface area contributed by atoms with Gasteiger partial charge in [0.2, 0.25) is 0 Å². The van der Waals surface area contributed by atoms with Gasteiger partial charge in [0.15, 0.2) is 0 Å². The lowest BCUT2D eigenvalue weighted by molar-refractivity contribution is 0.0974. The van der Waals surface area contributed by atoms with E-state index in [0.717, 1.165) is 17.9 Å². The molecule has 0 spiro atoms. The lowest BCUT2D eigenvalue weighted by atomic mass is 9.91. The summed E-state index contributed by atoms with van der Waals surface area (Å²) >= 11 is 3.65. The number of hydrogen-bond acceptors (Lipinski definition) is 1. The van der Waals surface area contributed by atoms with Crippen molar-refractivity contribution in [1.29, 1.82) is 0 Å². The van der Waals surface area contributed by atoms with Crippen molar-refractivity contribution in [3.8, 4) is 0 Å². The van der Waals surface area contributed by atoms with Gasteiger partial charge in [0.25, 0.3) is 0 Å². The molecule has 1 fully saturated rings.